The largest absolute Gasteiger partial charge is 0.481 e. The summed E-state index contributed by atoms with van der Waals surface area (Å²) in [6.45, 7) is 5.13. The molecule has 0 spiro atoms. The summed E-state index contributed by atoms with van der Waals surface area (Å²) in [7, 11) is 0. The van der Waals surface area contributed by atoms with Crippen LogP contribution in [0, 0.1) is 0 Å². The number of hydrogen-bond acceptors (Lipinski definition) is 5. The Morgan fingerprint density at radius 2 is 2.26 bits per heavy atom. The van der Waals surface area contributed by atoms with Gasteiger partial charge in [0.15, 0.2) is 5.13 Å². The Balaban J connectivity index is 1.95. The number of nitrogens with one attached hydrogen (secondary N) is 1. The summed E-state index contributed by atoms with van der Waals surface area (Å²) in [4.78, 5) is 16.2. The first-order valence-corrected chi connectivity index (χ1v) is 7.67. The maximum absolute atomic E-state index is 10.6. The number of anilines is 1. The van der Waals surface area contributed by atoms with Crippen LogP contribution in [0.2, 0.25) is 0 Å². The van der Waals surface area contributed by atoms with Gasteiger partial charge in [0.1, 0.15) is 0 Å². The zero-order valence-corrected chi connectivity index (χ0v) is 12.5. The van der Waals surface area contributed by atoms with E-state index in [9.17, 15) is 4.79 Å². The number of thiophene rings is 1. The molecule has 0 atom stereocenters. The van der Waals surface area contributed by atoms with Gasteiger partial charge in [-0.05, 0) is 11.4 Å². The molecular formula is C13H16N2O2S2. The van der Waals surface area contributed by atoms with Gasteiger partial charge in [-0.3, -0.25) is 4.79 Å². The molecule has 0 radical (unpaired) electrons. The number of carboxylic acid groups (broad SMARTS) is 1. The zero-order chi connectivity index (χ0) is 13.9. The van der Waals surface area contributed by atoms with Crippen molar-refractivity contribution < 1.29 is 9.90 Å². The molecule has 19 heavy (non-hydrogen) atoms. The third-order valence-electron chi connectivity index (χ3n) is 2.75. The Labute approximate surface area is 120 Å². The molecule has 2 rings (SSSR count). The smallest absolute Gasteiger partial charge is 0.309 e. The van der Waals surface area contributed by atoms with Crippen molar-refractivity contribution in [1.29, 1.82) is 0 Å². The summed E-state index contributed by atoms with van der Waals surface area (Å²) >= 11 is 3.19. The summed E-state index contributed by atoms with van der Waals surface area (Å²) in [5.41, 5.74) is 0.640. The van der Waals surface area contributed by atoms with Crippen LogP contribution in [0.5, 0.6) is 0 Å². The second-order valence-corrected chi connectivity index (χ2v) is 6.74. The van der Waals surface area contributed by atoms with Gasteiger partial charge in [-0.2, -0.15) is 0 Å². The van der Waals surface area contributed by atoms with Crippen molar-refractivity contribution in [3.8, 4) is 0 Å². The third kappa shape index (κ3) is 3.78. The summed E-state index contributed by atoms with van der Waals surface area (Å²) in [6, 6.07) is 4.18. The Bertz CT molecular complexity index is 547. The molecule has 2 heterocycles. The van der Waals surface area contributed by atoms with Gasteiger partial charge in [0.2, 0.25) is 0 Å². The van der Waals surface area contributed by atoms with E-state index in [2.05, 4.69) is 41.7 Å². The lowest BCUT2D eigenvalue weighted by Crippen LogP contribution is -2.26. The van der Waals surface area contributed by atoms with Crippen LogP contribution in [0.25, 0.3) is 0 Å². The topological polar surface area (TPSA) is 62.2 Å². The summed E-state index contributed by atoms with van der Waals surface area (Å²) in [5.74, 6) is -0.851. The first-order chi connectivity index (χ1) is 8.97. The van der Waals surface area contributed by atoms with E-state index in [-0.39, 0.29) is 11.8 Å². The van der Waals surface area contributed by atoms with Crippen LogP contribution < -0.4 is 5.32 Å². The first kappa shape index (κ1) is 14.0. The van der Waals surface area contributed by atoms with Gasteiger partial charge in [-0.25, -0.2) is 4.98 Å². The average Bonchev–Trinajstić information content (AvgIpc) is 2.96. The van der Waals surface area contributed by atoms with Crippen LogP contribution in [0.15, 0.2) is 22.9 Å². The molecular weight excluding hydrogens is 280 g/mol. The van der Waals surface area contributed by atoms with Gasteiger partial charge in [-0.1, -0.05) is 19.9 Å². The van der Waals surface area contributed by atoms with Gasteiger partial charge in [-0.15, -0.1) is 22.7 Å². The highest BCUT2D eigenvalue weighted by Crippen LogP contribution is 2.28. The quantitative estimate of drug-likeness (QED) is 0.859. The van der Waals surface area contributed by atoms with Gasteiger partial charge in [0.05, 0.1) is 12.1 Å². The number of nitrogens with zero attached hydrogens (tertiary/aromatic N) is 1. The van der Waals surface area contributed by atoms with Crippen LogP contribution in [0.4, 0.5) is 5.13 Å². The fourth-order valence-electron chi connectivity index (χ4n) is 1.67. The molecule has 4 nitrogen and oxygen atoms in total. The number of rotatable bonds is 6. The first-order valence-electron chi connectivity index (χ1n) is 5.91. The molecule has 0 aliphatic rings. The second-order valence-electron chi connectivity index (χ2n) is 4.93. The Morgan fingerprint density at radius 3 is 2.89 bits per heavy atom. The van der Waals surface area contributed by atoms with Crippen LogP contribution in [0.1, 0.15) is 24.4 Å². The number of hydrogen-bond donors (Lipinski definition) is 2. The summed E-state index contributed by atoms with van der Waals surface area (Å²) in [5, 5.41) is 16.6. The van der Waals surface area contributed by atoms with Crippen molar-refractivity contribution in [3.05, 3.63) is 33.5 Å². The molecule has 0 fully saturated rings. The van der Waals surface area contributed by atoms with E-state index in [0.717, 1.165) is 11.7 Å². The fourth-order valence-corrected chi connectivity index (χ4v) is 3.23. The number of thiazole rings is 1. The summed E-state index contributed by atoms with van der Waals surface area (Å²) < 4.78 is 0. The molecule has 0 aromatic carbocycles. The minimum atomic E-state index is -0.851. The SMILES string of the molecule is CC(C)(CNc1nc(CC(=O)O)cs1)c1cccs1. The van der Waals surface area contributed by atoms with Gasteiger partial charge >= 0.3 is 5.97 Å². The number of aliphatic carboxylic acids is 1. The highest BCUT2D eigenvalue weighted by atomic mass is 32.1. The van der Waals surface area contributed by atoms with Crippen molar-refractivity contribution in [2.75, 3.05) is 11.9 Å². The molecule has 0 aliphatic carbocycles. The number of carbonyl (C=O) groups is 1. The van der Waals surface area contributed by atoms with E-state index in [1.54, 1.807) is 16.7 Å². The molecule has 2 aromatic rings. The minimum Gasteiger partial charge on any atom is -0.481 e. The Morgan fingerprint density at radius 1 is 1.47 bits per heavy atom. The highest BCUT2D eigenvalue weighted by Gasteiger charge is 2.21. The molecule has 0 saturated carbocycles. The highest BCUT2D eigenvalue weighted by molar-refractivity contribution is 7.13. The molecule has 0 bridgehead atoms. The lowest BCUT2D eigenvalue weighted by Gasteiger charge is -2.23. The number of carboxylic acids is 1. The average molecular weight is 296 g/mol. The van der Waals surface area contributed by atoms with Crippen molar-refractivity contribution in [2.45, 2.75) is 25.7 Å². The number of aromatic nitrogens is 1. The fraction of sp³-hybridized carbons (Fsp3) is 0.385. The van der Waals surface area contributed by atoms with Crippen molar-refractivity contribution in [3.63, 3.8) is 0 Å². The van der Waals surface area contributed by atoms with E-state index in [1.165, 1.54) is 16.2 Å². The Hall–Kier alpha value is -1.40. The normalized spacial score (nSPS) is 11.5. The van der Waals surface area contributed by atoms with Crippen LogP contribution in [0.3, 0.4) is 0 Å². The summed E-state index contributed by atoms with van der Waals surface area (Å²) in [6.07, 6.45) is -0.0213. The molecule has 0 unspecified atom stereocenters. The lowest BCUT2D eigenvalue weighted by molar-refractivity contribution is -0.136. The van der Waals surface area contributed by atoms with Crippen molar-refractivity contribution >= 4 is 33.8 Å². The molecule has 2 N–H and O–H groups in total. The molecule has 6 heteroatoms. The Kier molecular flexibility index (Phi) is 4.21. The van der Waals surface area contributed by atoms with E-state index >= 15 is 0 Å². The van der Waals surface area contributed by atoms with E-state index in [1.807, 2.05) is 0 Å². The van der Waals surface area contributed by atoms with Crippen molar-refractivity contribution in [1.82, 2.24) is 4.98 Å². The molecule has 102 valence electrons. The monoisotopic (exact) mass is 296 g/mol. The minimum absolute atomic E-state index is 0.0213. The van der Waals surface area contributed by atoms with Crippen LogP contribution in [-0.2, 0) is 16.6 Å². The third-order valence-corrected chi connectivity index (χ3v) is 4.84. The maximum atomic E-state index is 10.6. The van der Waals surface area contributed by atoms with Crippen LogP contribution >= 0.6 is 22.7 Å². The molecule has 0 amide bonds. The predicted octanol–water partition coefficient (Wildman–Crippen LogP) is 3.22. The van der Waals surface area contributed by atoms with E-state index in [4.69, 9.17) is 5.11 Å². The van der Waals surface area contributed by atoms with Gasteiger partial charge in [0.25, 0.3) is 0 Å². The second kappa shape index (κ2) is 5.71. The molecule has 0 aliphatic heterocycles. The maximum Gasteiger partial charge on any atom is 0.309 e. The molecule has 2 aromatic heterocycles. The lowest BCUT2D eigenvalue weighted by atomic mass is 9.91. The van der Waals surface area contributed by atoms with E-state index < -0.39 is 5.97 Å². The van der Waals surface area contributed by atoms with E-state index in [0.29, 0.717) is 5.69 Å². The standard InChI is InChI=1S/C13H16N2O2S2/c1-13(2,10-4-3-5-18-10)8-14-12-15-9(7-19-12)6-11(16)17/h3-5,7H,6,8H2,1-2H3,(H,14,15)(H,16,17). The van der Waals surface area contributed by atoms with Crippen molar-refractivity contribution in [2.24, 2.45) is 0 Å². The molecule has 0 saturated heterocycles. The predicted molar refractivity (Wildman–Crippen MR) is 79.3 cm³/mol. The van der Waals surface area contributed by atoms with Gasteiger partial charge < -0.3 is 10.4 Å². The van der Waals surface area contributed by atoms with Gasteiger partial charge in [0, 0.05) is 22.2 Å². The van der Waals surface area contributed by atoms with Crippen LogP contribution in [-0.4, -0.2) is 22.6 Å². The zero-order valence-electron chi connectivity index (χ0n) is 10.8.